The van der Waals surface area contributed by atoms with Crippen molar-refractivity contribution in [1.29, 1.82) is 0 Å². The molecule has 0 saturated heterocycles. The van der Waals surface area contributed by atoms with Crippen molar-refractivity contribution in [2.75, 3.05) is 10.8 Å². The smallest absolute Gasteiger partial charge is 0.264 e. The maximum Gasteiger partial charge on any atom is 0.264 e. The van der Waals surface area contributed by atoms with Crippen LogP contribution in [0.4, 0.5) is 5.69 Å². The van der Waals surface area contributed by atoms with Crippen LogP contribution in [0.2, 0.25) is 15.1 Å². The van der Waals surface area contributed by atoms with Crippen LogP contribution in [-0.4, -0.2) is 43.8 Å². The summed E-state index contributed by atoms with van der Waals surface area (Å²) in [5.41, 5.74) is 2.47. The fourth-order valence-corrected chi connectivity index (χ4v) is 7.84. The summed E-state index contributed by atoms with van der Waals surface area (Å²) in [6.45, 7) is 1.21. The lowest BCUT2D eigenvalue weighted by Gasteiger charge is -2.35. The van der Waals surface area contributed by atoms with Crippen LogP contribution >= 0.6 is 34.8 Å². The van der Waals surface area contributed by atoms with Crippen LogP contribution in [0.3, 0.4) is 0 Å². The minimum Gasteiger partial charge on any atom is -0.352 e. The van der Waals surface area contributed by atoms with E-state index in [1.54, 1.807) is 48.5 Å². The van der Waals surface area contributed by atoms with E-state index in [0.29, 0.717) is 20.6 Å². The molecule has 1 saturated carbocycles. The molecular formula is C37H38Cl3N3O4S. The minimum absolute atomic E-state index is 0.00360. The fraction of sp³-hybridized carbons (Fsp3) is 0.297. The molecule has 1 fully saturated rings. The Hall–Kier alpha value is -3.56. The summed E-state index contributed by atoms with van der Waals surface area (Å²) >= 11 is 19.1. The Morgan fingerprint density at radius 1 is 0.792 bits per heavy atom. The molecule has 0 spiro atoms. The lowest BCUT2D eigenvalue weighted by molar-refractivity contribution is -0.140. The van der Waals surface area contributed by atoms with E-state index in [9.17, 15) is 18.0 Å². The van der Waals surface area contributed by atoms with Gasteiger partial charge in [-0.3, -0.25) is 13.9 Å². The average Bonchev–Trinajstić information content (AvgIpc) is 3.09. The summed E-state index contributed by atoms with van der Waals surface area (Å²) in [6.07, 6.45) is 5.10. The molecule has 1 N–H and O–H groups in total. The molecule has 2 amide bonds. The normalized spacial score (nSPS) is 14.2. The Bertz CT molecular complexity index is 1840. The van der Waals surface area contributed by atoms with Crippen LogP contribution in [0.15, 0.2) is 102 Å². The summed E-state index contributed by atoms with van der Waals surface area (Å²) in [4.78, 5) is 30.4. The SMILES string of the molecule is Cc1ccc(N(CC(=O)N(Cc2ccc(Cl)c(Cl)c2)[C@H](Cc2ccccc2)C(=O)NC2CCCCC2)S(=O)(=O)c2ccccc2)cc1Cl. The third-order valence-corrected chi connectivity index (χ3v) is 11.5. The zero-order valence-corrected chi connectivity index (χ0v) is 29.7. The van der Waals surface area contributed by atoms with Crippen LogP contribution in [0.25, 0.3) is 0 Å². The zero-order valence-electron chi connectivity index (χ0n) is 26.6. The van der Waals surface area contributed by atoms with Crippen molar-refractivity contribution in [3.05, 3.63) is 129 Å². The molecule has 0 unspecified atom stereocenters. The summed E-state index contributed by atoms with van der Waals surface area (Å²) in [5.74, 6) is -0.869. The molecular weight excluding hydrogens is 689 g/mol. The first-order valence-electron chi connectivity index (χ1n) is 15.9. The van der Waals surface area contributed by atoms with Crippen molar-refractivity contribution in [2.24, 2.45) is 0 Å². The van der Waals surface area contributed by atoms with Crippen molar-refractivity contribution in [3.8, 4) is 0 Å². The first kappa shape index (κ1) is 35.7. The number of sulfonamides is 1. The van der Waals surface area contributed by atoms with E-state index < -0.39 is 28.5 Å². The molecule has 7 nitrogen and oxygen atoms in total. The van der Waals surface area contributed by atoms with E-state index in [1.165, 1.54) is 23.1 Å². The summed E-state index contributed by atoms with van der Waals surface area (Å²) in [5, 5.41) is 4.22. The second-order valence-corrected chi connectivity index (χ2v) is 15.2. The van der Waals surface area contributed by atoms with E-state index in [0.717, 1.165) is 47.5 Å². The molecule has 0 radical (unpaired) electrons. The van der Waals surface area contributed by atoms with Gasteiger partial charge in [0.2, 0.25) is 11.8 Å². The molecule has 4 aromatic carbocycles. The van der Waals surface area contributed by atoms with Gasteiger partial charge in [-0.1, -0.05) is 115 Å². The number of benzene rings is 4. The molecule has 11 heteroatoms. The van der Waals surface area contributed by atoms with Crippen LogP contribution in [0.1, 0.15) is 48.8 Å². The van der Waals surface area contributed by atoms with Gasteiger partial charge < -0.3 is 10.2 Å². The number of hydrogen-bond donors (Lipinski definition) is 1. The van der Waals surface area contributed by atoms with Gasteiger partial charge in [0.1, 0.15) is 12.6 Å². The van der Waals surface area contributed by atoms with Crippen molar-refractivity contribution in [1.82, 2.24) is 10.2 Å². The van der Waals surface area contributed by atoms with Gasteiger partial charge in [0, 0.05) is 24.0 Å². The Balaban J connectivity index is 1.58. The van der Waals surface area contributed by atoms with E-state index in [1.807, 2.05) is 37.3 Å². The number of nitrogens with zero attached hydrogens (tertiary/aromatic N) is 2. The summed E-state index contributed by atoms with van der Waals surface area (Å²) < 4.78 is 29.4. The topological polar surface area (TPSA) is 86.8 Å². The van der Waals surface area contributed by atoms with Gasteiger partial charge >= 0.3 is 0 Å². The van der Waals surface area contributed by atoms with E-state index in [2.05, 4.69) is 5.32 Å². The number of carbonyl (C=O) groups is 2. The Kier molecular flexibility index (Phi) is 12.1. The molecule has 0 aliphatic heterocycles. The summed E-state index contributed by atoms with van der Waals surface area (Å²) in [6, 6.07) is 26.3. The molecule has 4 aromatic rings. The van der Waals surface area contributed by atoms with Crippen LogP contribution < -0.4 is 9.62 Å². The average molecular weight is 727 g/mol. The van der Waals surface area contributed by atoms with E-state index in [4.69, 9.17) is 34.8 Å². The standard InChI is InChI=1S/C37H38Cl3N3O4S/c1-26-17-19-30(23-33(26)39)43(48(46,47)31-15-9-4-10-16-31)25-36(44)42(24-28-18-20-32(38)34(40)21-28)35(22-27-11-5-2-6-12-27)37(45)41-29-13-7-3-8-14-29/h2,4-6,9-12,15-21,23,29,35H,3,7-8,13-14,22,24-25H2,1H3,(H,41,45)/t35-/m1/s1. The third kappa shape index (κ3) is 8.91. The van der Waals surface area contributed by atoms with Crippen molar-refractivity contribution >= 4 is 62.3 Å². The first-order chi connectivity index (χ1) is 23.0. The van der Waals surface area contributed by atoms with Crippen molar-refractivity contribution in [2.45, 2.75) is 69.0 Å². The molecule has 1 atom stereocenters. The second-order valence-electron chi connectivity index (χ2n) is 12.1. The first-order valence-corrected chi connectivity index (χ1v) is 18.5. The van der Waals surface area contributed by atoms with Crippen LogP contribution in [0.5, 0.6) is 0 Å². The van der Waals surface area contributed by atoms with Gasteiger partial charge in [-0.25, -0.2) is 8.42 Å². The minimum atomic E-state index is -4.24. The van der Waals surface area contributed by atoms with E-state index in [-0.39, 0.29) is 35.5 Å². The Morgan fingerprint density at radius 2 is 1.46 bits per heavy atom. The highest BCUT2D eigenvalue weighted by molar-refractivity contribution is 7.92. The number of carbonyl (C=O) groups excluding carboxylic acids is 2. The van der Waals surface area contributed by atoms with Crippen LogP contribution in [-0.2, 0) is 32.6 Å². The number of anilines is 1. The number of amides is 2. The highest BCUT2D eigenvalue weighted by Crippen LogP contribution is 2.30. The lowest BCUT2D eigenvalue weighted by Crippen LogP contribution is -2.55. The highest BCUT2D eigenvalue weighted by Gasteiger charge is 2.35. The monoisotopic (exact) mass is 725 g/mol. The van der Waals surface area contributed by atoms with Gasteiger partial charge in [-0.2, -0.15) is 0 Å². The highest BCUT2D eigenvalue weighted by atomic mass is 35.5. The van der Waals surface area contributed by atoms with Gasteiger partial charge in [-0.15, -0.1) is 0 Å². The molecule has 5 rings (SSSR count). The largest absolute Gasteiger partial charge is 0.352 e. The number of rotatable bonds is 12. The molecule has 252 valence electrons. The second kappa shape index (κ2) is 16.2. The van der Waals surface area contributed by atoms with E-state index >= 15 is 0 Å². The maximum atomic E-state index is 14.7. The molecule has 1 aliphatic carbocycles. The molecule has 0 bridgehead atoms. The molecule has 48 heavy (non-hydrogen) atoms. The molecule has 0 aromatic heterocycles. The zero-order chi connectivity index (χ0) is 34.3. The number of hydrogen-bond acceptors (Lipinski definition) is 4. The Labute approximate surface area is 297 Å². The van der Waals surface area contributed by atoms with Gasteiger partial charge in [0.15, 0.2) is 0 Å². The third-order valence-electron chi connectivity index (χ3n) is 8.61. The quantitative estimate of drug-likeness (QED) is 0.159. The van der Waals surface area contributed by atoms with Crippen LogP contribution in [0, 0.1) is 6.92 Å². The molecule has 0 heterocycles. The molecule has 1 aliphatic rings. The van der Waals surface area contributed by atoms with Gasteiger partial charge in [-0.05, 0) is 72.9 Å². The van der Waals surface area contributed by atoms with Gasteiger partial charge in [0.25, 0.3) is 10.0 Å². The predicted molar refractivity (Wildman–Crippen MR) is 193 cm³/mol. The van der Waals surface area contributed by atoms with Crippen molar-refractivity contribution < 1.29 is 18.0 Å². The summed E-state index contributed by atoms with van der Waals surface area (Å²) in [7, 11) is -4.24. The lowest BCUT2D eigenvalue weighted by atomic mass is 9.94. The number of nitrogens with one attached hydrogen (secondary N) is 1. The number of aryl methyl sites for hydroxylation is 1. The predicted octanol–water partition coefficient (Wildman–Crippen LogP) is 8.24. The number of halogens is 3. The van der Waals surface area contributed by atoms with Crippen molar-refractivity contribution in [3.63, 3.8) is 0 Å². The fourth-order valence-electron chi connectivity index (χ4n) is 5.92. The van der Waals surface area contributed by atoms with Gasteiger partial charge in [0.05, 0.1) is 20.6 Å². The Morgan fingerprint density at radius 3 is 2.10 bits per heavy atom. The maximum absolute atomic E-state index is 14.7.